The van der Waals surface area contributed by atoms with E-state index in [1.54, 1.807) is 0 Å². The number of hydrogen-bond donors (Lipinski definition) is 1. The molecule has 0 saturated carbocycles. The maximum absolute atomic E-state index is 4.91. The van der Waals surface area contributed by atoms with E-state index < -0.39 is 0 Å². The third kappa shape index (κ3) is 7.16. The van der Waals surface area contributed by atoms with Gasteiger partial charge in [-0.1, -0.05) is 13.8 Å². The molecule has 0 bridgehead atoms. The van der Waals surface area contributed by atoms with Crippen molar-refractivity contribution >= 4 is 29.9 Å². The molecule has 0 aliphatic carbocycles. The van der Waals surface area contributed by atoms with E-state index in [1.807, 2.05) is 0 Å². The smallest absolute Gasteiger partial charge is 0.193 e. The minimum Gasteiger partial charge on any atom is -0.357 e. The van der Waals surface area contributed by atoms with Gasteiger partial charge in [0.05, 0.1) is 0 Å². The van der Waals surface area contributed by atoms with Crippen LogP contribution >= 0.6 is 24.0 Å². The van der Waals surface area contributed by atoms with Gasteiger partial charge in [0, 0.05) is 26.2 Å². The number of guanidine groups is 1. The molecule has 2 fully saturated rings. The Hall–Kier alpha value is -0.0400. The molecule has 4 nitrogen and oxygen atoms in total. The van der Waals surface area contributed by atoms with Crippen molar-refractivity contribution in [2.24, 2.45) is 16.8 Å². The van der Waals surface area contributed by atoms with Gasteiger partial charge in [0.25, 0.3) is 0 Å². The lowest BCUT2D eigenvalue weighted by Gasteiger charge is -2.33. The second-order valence-electron chi connectivity index (χ2n) is 7.07. The van der Waals surface area contributed by atoms with Crippen LogP contribution in [0.25, 0.3) is 0 Å². The van der Waals surface area contributed by atoms with Crippen LogP contribution in [0.15, 0.2) is 4.99 Å². The molecule has 2 rings (SSSR count). The first kappa shape index (κ1) is 21.0. The predicted octanol–water partition coefficient (Wildman–Crippen LogP) is 3.42. The number of aliphatic imine (C=N–C) groups is 1. The summed E-state index contributed by atoms with van der Waals surface area (Å²) in [5, 5.41) is 3.49. The van der Waals surface area contributed by atoms with Crippen LogP contribution in [0.3, 0.4) is 0 Å². The molecule has 2 saturated heterocycles. The Morgan fingerprint density at radius 3 is 2.26 bits per heavy atom. The van der Waals surface area contributed by atoms with Crippen molar-refractivity contribution in [3.05, 3.63) is 0 Å². The largest absolute Gasteiger partial charge is 0.357 e. The third-order valence-electron chi connectivity index (χ3n) is 5.37. The van der Waals surface area contributed by atoms with Crippen molar-refractivity contribution in [1.29, 1.82) is 0 Å². The molecule has 0 aromatic heterocycles. The highest BCUT2D eigenvalue weighted by molar-refractivity contribution is 14.0. The minimum absolute atomic E-state index is 0. The van der Waals surface area contributed by atoms with Crippen LogP contribution in [-0.2, 0) is 0 Å². The highest BCUT2D eigenvalue weighted by atomic mass is 127. The molecular weight excluding hydrogens is 399 g/mol. The summed E-state index contributed by atoms with van der Waals surface area (Å²) in [7, 11) is 0. The van der Waals surface area contributed by atoms with E-state index in [0.29, 0.717) is 0 Å². The summed E-state index contributed by atoms with van der Waals surface area (Å²) < 4.78 is 0. The number of halogens is 1. The van der Waals surface area contributed by atoms with E-state index in [2.05, 4.69) is 35.9 Å². The van der Waals surface area contributed by atoms with Gasteiger partial charge in [0.1, 0.15) is 0 Å². The van der Waals surface area contributed by atoms with Gasteiger partial charge >= 0.3 is 0 Å². The monoisotopic (exact) mass is 436 g/mol. The van der Waals surface area contributed by atoms with Crippen LogP contribution in [-0.4, -0.2) is 61.6 Å². The highest BCUT2D eigenvalue weighted by Gasteiger charge is 2.20. The second-order valence-corrected chi connectivity index (χ2v) is 7.07. The molecule has 136 valence electrons. The molecule has 0 aromatic rings. The summed E-state index contributed by atoms with van der Waals surface area (Å²) in [6.07, 6.45) is 6.60. The zero-order valence-corrected chi connectivity index (χ0v) is 17.7. The van der Waals surface area contributed by atoms with Crippen LogP contribution in [0.1, 0.15) is 52.9 Å². The normalized spacial score (nSPS) is 22.0. The molecule has 0 amide bonds. The molecule has 23 heavy (non-hydrogen) atoms. The molecule has 0 unspecified atom stereocenters. The standard InChI is InChI=1S/C18H36N4.HI/c1-4-19-18(22-14-7-16(3)8-15-22)20-11-6-17-9-12-21(5-2)13-10-17;/h16-17H,4-15H2,1-3H3,(H,19,20);1H. The van der Waals surface area contributed by atoms with E-state index in [0.717, 1.165) is 30.9 Å². The Labute approximate surface area is 160 Å². The molecular formula is C18H37IN4. The van der Waals surface area contributed by atoms with Gasteiger partial charge in [0.15, 0.2) is 5.96 Å². The lowest BCUT2D eigenvalue weighted by Crippen LogP contribution is -2.45. The molecule has 1 N–H and O–H groups in total. The lowest BCUT2D eigenvalue weighted by molar-refractivity contribution is 0.188. The summed E-state index contributed by atoms with van der Waals surface area (Å²) in [5.74, 6) is 2.92. The Kier molecular flexibility index (Phi) is 10.5. The third-order valence-corrected chi connectivity index (χ3v) is 5.37. The highest BCUT2D eigenvalue weighted by Crippen LogP contribution is 2.20. The molecule has 0 atom stereocenters. The van der Waals surface area contributed by atoms with Gasteiger partial charge in [-0.25, -0.2) is 0 Å². The fraction of sp³-hybridized carbons (Fsp3) is 0.944. The fourth-order valence-electron chi connectivity index (χ4n) is 3.59. The second kappa shape index (κ2) is 11.5. The maximum Gasteiger partial charge on any atom is 0.193 e. The first-order valence-corrected chi connectivity index (χ1v) is 9.48. The zero-order valence-electron chi connectivity index (χ0n) is 15.4. The first-order chi connectivity index (χ1) is 10.7. The molecule has 2 aliphatic heterocycles. The van der Waals surface area contributed by atoms with Crippen molar-refractivity contribution in [1.82, 2.24) is 15.1 Å². The first-order valence-electron chi connectivity index (χ1n) is 9.48. The van der Waals surface area contributed by atoms with Crippen LogP contribution in [0.5, 0.6) is 0 Å². The maximum atomic E-state index is 4.91. The van der Waals surface area contributed by atoms with Crippen molar-refractivity contribution in [3.8, 4) is 0 Å². The predicted molar refractivity (Wildman–Crippen MR) is 111 cm³/mol. The molecule has 0 spiro atoms. The topological polar surface area (TPSA) is 30.9 Å². The molecule has 0 radical (unpaired) electrons. The van der Waals surface area contributed by atoms with Crippen molar-refractivity contribution in [2.45, 2.75) is 52.9 Å². The molecule has 0 aromatic carbocycles. The van der Waals surface area contributed by atoms with Gasteiger partial charge < -0.3 is 15.1 Å². The Morgan fingerprint density at radius 2 is 1.70 bits per heavy atom. The van der Waals surface area contributed by atoms with E-state index in [4.69, 9.17) is 4.99 Å². The number of nitrogens with one attached hydrogen (secondary N) is 1. The quantitative estimate of drug-likeness (QED) is 0.407. The van der Waals surface area contributed by atoms with Crippen LogP contribution in [0.2, 0.25) is 0 Å². The number of hydrogen-bond acceptors (Lipinski definition) is 2. The lowest BCUT2D eigenvalue weighted by atomic mass is 9.94. The van der Waals surface area contributed by atoms with Crippen LogP contribution in [0.4, 0.5) is 0 Å². The molecule has 2 heterocycles. The summed E-state index contributed by atoms with van der Waals surface area (Å²) in [5.41, 5.74) is 0. The van der Waals surface area contributed by atoms with Crippen LogP contribution in [0, 0.1) is 11.8 Å². The Bertz CT molecular complexity index is 332. The number of rotatable bonds is 5. The average molecular weight is 436 g/mol. The average Bonchev–Trinajstić information content (AvgIpc) is 2.55. The van der Waals surface area contributed by atoms with Gasteiger partial charge in [-0.2, -0.15) is 0 Å². The zero-order chi connectivity index (χ0) is 15.8. The van der Waals surface area contributed by atoms with E-state index in [-0.39, 0.29) is 24.0 Å². The molecule has 5 heteroatoms. The minimum atomic E-state index is 0. The number of piperidine rings is 2. The summed E-state index contributed by atoms with van der Waals surface area (Å²) in [4.78, 5) is 9.94. The number of nitrogens with zero attached hydrogens (tertiary/aromatic N) is 3. The SMILES string of the molecule is CCNC(=NCCC1CCN(CC)CC1)N1CCC(C)CC1.I. The van der Waals surface area contributed by atoms with Gasteiger partial charge in [-0.3, -0.25) is 4.99 Å². The van der Waals surface area contributed by atoms with E-state index in [9.17, 15) is 0 Å². The Balaban J connectivity index is 0.00000264. The summed E-state index contributed by atoms with van der Waals surface area (Å²) in [6, 6.07) is 0. The van der Waals surface area contributed by atoms with Crippen molar-refractivity contribution in [3.63, 3.8) is 0 Å². The van der Waals surface area contributed by atoms with Gasteiger partial charge in [-0.05, 0) is 70.5 Å². The van der Waals surface area contributed by atoms with E-state index >= 15 is 0 Å². The van der Waals surface area contributed by atoms with Crippen molar-refractivity contribution in [2.75, 3.05) is 45.8 Å². The van der Waals surface area contributed by atoms with E-state index in [1.165, 1.54) is 64.8 Å². The van der Waals surface area contributed by atoms with Gasteiger partial charge in [0.2, 0.25) is 0 Å². The number of likely N-dealkylation sites (tertiary alicyclic amines) is 2. The fourth-order valence-corrected chi connectivity index (χ4v) is 3.59. The van der Waals surface area contributed by atoms with Gasteiger partial charge in [-0.15, -0.1) is 24.0 Å². The van der Waals surface area contributed by atoms with Crippen LogP contribution < -0.4 is 5.32 Å². The molecule has 2 aliphatic rings. The summed E-state index contributed by atoms with van der Waals surface area (Å²) >= 11 is 0. The Morgan fingerprint density at radius 1 is 1.04 bits per heavy atom. The van der Waals surface area contributed by atoms with Crippen molar-refractivity contribution < 1.29 is 0 Å². The summed E-state index contributed by atoms with van der Waals surface area (Å²) in [6.45, 7) is 14.9.